The van der Waals surface area contributed by atoms with E-state index in [1.54, 1.807) is 18.3 Å². The van der Waals surface area contributed by atoms with Crippen LogP contribution in [-0.4, -0.2) is 41.2 Å². The van der Waals surface area contributed by atoms with Crippen molar-refractivity contribution in [2.45, 2.75) is 19.9 Å². The van der Waals surface area contributed by atoms with Gasteiger partial charge in [-0.1, -0.05) is 29.8 Å². The molecule has 6 nitrogen and oxygen atoms in total. The number of nitrogens with zero attached hydrogens (tertiary/aromatic N) is 3. The number of hydrogen-bond donors (Lipinski definition) is 1. The second kappa shape index (κ2) is 9.06. The smallest absolute Gasteiger partial charge is 0.230 e. The summed E-state index contributed by atoms with van der Waals surface area (Å²) in [6, 6.07) is 13.3. The van der Waals surface area contributed by atoms with Crippen LogP contribution in [0.5, 0.6) is 11.6 Å². The first-order valence-corrected chi connectivity index (χ1v) is 10.8. The standard InChI is InChI=1S/C25H25FN4O2/c1-17-13-19-5-6-22(24(26)21(19)14-17)32-23-7-8-27-25(29-23)28-20-4-2-3-18(15-20)16-30-9-11-31-12-10-30/h2-8,14-15H,9-13,16H2,1H3,(H,27,28,29). The Morgan fingerprint density at radius 3 is 2.91 bits per heavy atom. The third-order valence-corrected chi connectivity index (χ3v) is 5.63. The lowest BCUT2D eigenvalue weighted by molar-refractivity contribution is 0.0342. The fourth-order valence-corrected chi connectivity index (χ4v) is 4.07. The molecular weight excluding hydrogens is 407 g/mol. The van der Waals surface area contributed by atoms with Gasteiger partial charge in [0.05, 0.1) is 13.2 Å². The van der Waals surface area contributed by atoms with E-state index in [4.69, 9.17) is 9.47 Å². The molecule has 2 aromatic carbocycles. The van der Waals surface area contributed by atoms with Gasteiger partial charge < -0.3 is 14.8 Å². The van der Waals surface area contributed by atoms with Crippen molar-refractivity contribution in [1.29, 1.82) is 0 Å². The van der Waals surface area contributed by atoms with Crippen molar-refractivity contribution in [2.24, 2.45) is 0 Å². The van der Waals surface area contributed by atoms with Crippen LogP contribution in [0.1, 0.15) is 23.6 Å². The minimum Gasteiger partial charge on any atom is -0.436 e. The minimum atomic E-state index is -0.358. The van der Waals surface area contributed by atoms with E-state index >= 15 is 0 Å². The molecule has 164 valence electrons. The van der Waals surface area contributed by atoms with E-state index in [1.165, 1.54) is 5.56 Å². The van der Waals surface area contributed by atoms with Crippen molar-refractivity contribution >= 4 is 17.7 Å². The fourth-order valence-electron chi connectivity index (χ4n) is 4.07. The van der Waals surface area contributed by atoms with Crippen LogP contribution >= 0.6 is 0 Å². The Morgan fingerprint density at radius 2 is 2.03 bits per heavy atom. The number of fused-ring (bicyclic) bond motifs is 1. The van der Waals surface area contributed by atoms with Crippen LogP contribution in [0.2, 0.25) is 0 Å². The molecular formula is C25H25FN4O2. The Hall–Kier alpha value is -3.29. The Balaban J connectivity index is 1.29. The van der Waals surface area contributed by atoms with Crippen LogP contribution in [0.25, 0.3) is 6.08 Å². The number of ether oxygens (including phenoxy) is 2. The summed E-state index contributed by atoms with van der Waals surface area (Å²) in [7, 11) is 0. The molecule has 2 heterocycles. The number of rotatable bonds is 6. The number of benzene rings is 2. The molecule has 2 aliphatic rings. The molecule has 32 heavy (non-hydrogen) atoms. The molecule has 3 aromatic rings. The highest BCUT2D eigenvalue weighted by molar-refractivity contribution is 5.65. The average molecular weight is 432 g/mol. The summed E-state index contributed by atoms with van der Waals surface area (Å²) in [5.74, 6) is 0.475. The molecule has 1 aliphatic carbocycles. The summed E-state index contributed by atoms with van der Waals surface area (Å²) in [6.45, 7) is 6.30. The van der Waals surface area contributed by atoms with Crippen LogP contribution in [0, 0.1) is 5.82 Å². The Morgan fingerprint density at radius 1 is 1.16 bits per heavy atom. The number of halogens is 1. The number of hydrogen-bond acceptors (Lipinski definition) is 6. The van der Waals surface area contributed by atoms with Gasteiger partial charge in [0.1, 0.15) is 0 Å². The van der Waals surface area contributed by atoms with Crippen molar-refractivity contribution in [1.82, 2.24) is 14.9 Å². The highest BCUT2D eigenvalue weighted by Gasteiger charge is 2.18. The maximum atomic E-state index is 14.9. The molecule has 1 saturated heterocycles. The lowest BCUT2D eigenvalue weighted by atomic mass is 10.1. The highest BCUT2D eigenvalue weighted by Crippen LogP contribution is 2.34. The zero-order valence-electron chi connectivity index (χ0n) is 18.0. The molecule has 1 N–H and O–H groups in total. The number of allylic oxidation sites excluding steroid dienone is 1. The van der Waals surface area contributed by atoms with Crippen molar-refractivity contribution in [3.63, 3.8) is 0 Å². The number of morpholine rings is 1. The summed E-state index contributed by atoms with van der Waals surface area (Å²) < 4.78 is 26.1. The molecule has 1 aromatic heterocycles. The number of aromatic nitrogens is 2. The Labute approximate surface area is 186 Å². The zero-order valence-corrected chi connectivity index (χ0v) is 18.0. The summed E-state index contributed by atoms with van der Waals surface area (Å²) >= 11 is 0. The monoisotopic (exact) mass is 432 g/mol. The van der Waals surface area contributed by atoms with E-state index in [2.05, 4.69) is 32.3 Å². The molecule has 1 aliphatic heterocycles. The Bertz CT molecular complexity index is 1160. The topological polar surface area (TPSA) is 59.5 Å². The molecule has 7 heteroatoms. The summed E-state index contributed by atoms with van der Waals surface area (Å²) in [5, 5.41) is 3.22. The molecule has 0 amide bonds. The minimum absolute atomic E-state index is 0.159. The third-order valence-electron chi connectivity index (χ3n) is 5.63. The molecule has 0 saturated carbocycles. The summed E-state index contributed by atoms with van der Waals surface area (Å²) in [4.78, 5) is 11.1. The largest absolute Gasteiger partial charge is 0.436 e. The average Bonchev–Trinajstić information content (AvgIpc) is 3.18. The first-order chi connectivity index (χ1) is 15.6. The van der Waals surface area contributed by atoms with Gasteiger partial charge in [-0.3, -0.25) is 4.90 Å². The fraction of sp³-hybridized carbons (Fsp3) is 0.280. The zero-order chi connectivity index (χ0) is 21.9. The maximum Gasteiger partial charge on any atom is 0.230 e. The van der Waals surface area contributed by atoms with Gasteiger partial charge in [-0.05, 0) is 42.7 Å². The first kappa shape index (κ1) is 20.6. The summed E-state index contributed by atoms with van der Waals surface area (Å²) in [5.41, 5.74) is 4.81. The molecule has 5 rings (SSSR count). The first-order valence-electron chi connectivity index (χ1n) is 10.8. The van der Waals surface area contributed by atoms with Crippen LogP contribution < -0.4 is 10.1 Å². The van der Waals surface area contributed by atoms with Gasteiger partial charge in [0.15, 0.2) is 11.6 Å². The molecule has 0 radical (unpaired) electrons. The maximum absolute atomic E-state index is 14.9. The third kappa shape index (κ3) is 4.64. The van der Waals surface area contributed by atoms with Crippen LogP contribution in [0.4, 0.5) is 16.0 Å². The van der Waals surface area contributed by atoms with Gasteiger partial charge in [-0.2, -0.15) is 4.98 Å². The molecule has 0 bridgehead atoms. The predicted molar refractivity (Wildman–Crippen MR) is 122 cm³/mol. The lowest BCUT2D eigenvalue weighted by Gasteiger charge is -2.26. The van der Waals surface area contributed by atoms with Crippen LogP contribution in [0.15, 0.2) is 54.2 Å². The van der Waals surface area contributed by atoms with E-state index in [0.29, 0.717) is 11.5 Å². The molecule has 0 unspecified atom stereocenters. The summed E-state index contributed by atoms with van der Waals surface area (Å²) in [6.07, 6.45) is 4.24. The van der Waals surface area contributed by atoms with Gasteiger partial charge in [-0.25, -0.2) is 9.37 Å². The predicted octanol–water partition coefficient (Wildman–Crippen LogP) is 4.94. The van der Waals surface area contributed by atoms with E-state index in [0.717, 1.165) is 56.1 Å². The second-order valence-electron chi connectivity index (χ2n) is 8.15. The van der Waals surface area contributed by atoms with E-state index in [9.17, 15) is 4.39 Å². The highest BCUT2D eigenvalue weighted by atomic mass is 19.1. The lowest BCUT2D eigenvalue weighted by Crippen LogP contribution is -2.35. The second-order valence-corrected chi connectivity index (χ2v) is 8.15. The van der Waals surface area contributed by atoms with Crippen LogP contribution in [0.3, 0.4) is 0 Å². The normalized spacial score (nSPS) is 15.9. The van der Waals surface area contributed by atoms with Crippen LogP contribution in [-0.2, 0) is 17.7 Å². The van der Waals surface area contributed by atoms with Gasteiger partial charge in [0.2, 0.25) is 11.8 Å². The van der Waals surface area contributed by atoms with Crippen molar-refractivity contribution in [3.8, 4) is 11.6 Å². The van der Waals surface area contributed by atoms with E-state index < -0.39 is 0 Å². The number of nitrogens with one attached hydrogen (secondary N) is 1. The molecule has 1 fully saturated rings. The Kier molecular flexibility index (Phi) is 5.83. The van der Waals surface area contributed by atoms with Gasteiger partial charge >= 0.3 is 0 Å². The van der Waals surface area contributed by atoms with Gasteiger partial charge in [-0.15, -0.1) is 0 Å². The van der Waals surface area contributed by atoms with E-state index in [1.807, 2.05) is 31.2 Å². The molecule has 0 atom stereocenters. The van der Waals surface area contributed by atoms with Gasteiger partial charge in [0.25, 0.3) is 0 Å². The van der Waals surface area contributed by atoms with E-state index in [-0.39, 0.29) is 17.4 Å². The van der Waals surface area contributed by atoms with Crippen molar-refractivity contribution in [3.05, 3.63) is 76.7 Å². The van der Waals surface area contributed by atoms with Crippen molar-refractivity contribution < 1.29 is 13.9 Å². The van der Waals surface area contributed by atoms with Crippen molar-refractivity contribution in [2.75, 3.05) is 31.6 Å². The SMILES string of the molecule is CC1=Cc2c(ccc(Oc3ccnc(Nc4cccc(CN5CCOCC5)c4)n3)c2F)C1. The van der Waals surface area contributed by atoms with Gasteiger partial charge in [0, 0.05) is 43.1 Å². The molecule has 0 spiro atoms. The number of anilines is 2. The quantitative estimate of drug-likeness (QED) is 0.595.